The van der Waals surface area contributed by atoms with Crippen molar-refractivity contribution in [2.24, 2.45) is 16.9 Å². The molecule has 0 aliphatic carbocycles. The molecule has 3 aliphatic rings. The van der Waals surface area contributed by atoms with Crippen LogP contribution in [0, 0.1) is 22.6 Å². The van der Waals surface area contributed by atoms with Gasteiger partial charge in [0.05, 0.1) is 30.4 Å². The molecule has 71 heavy (non-hydrogen) atoms. The quantitative estimate of drug-likeness (QED) is 0.0991. The maximum Gasteiger partial charge on any atom is 0.306 e. The highest BCUT2D eigenvalue weighted by Gasteiger charge is 2.45. The van der Waals surface area contributed by atoms with Crippen molar-refractivity contribution in [2.45, 2.75) is 110 Å². The summed E-state index contributed by atoms with van der Waals surface area (Å²) in [5.74, 6) is -4.06. The molecular formula is C53H60FN7O10. The average molecular weight is 974 g/mol. The highest BCUT2D eigenvalue weighted by molar-refractivity contribution is 6.02. The minimum Gasteiger partial charge on any atom is -0.508 e. The predicted molar refractivity (Wildman–Crippen MR) is 258 cm³/mol. The molecule has 3 atom stereocenters. The zero-order valence-corrected chi connectivity index (χ0v) is 40.6. The second-order valence-corrected chi connectivity index (χ2v) is 19.8. The van der Waals surface area contributed by atoms with Gasteiger partial charge in [-0.25, -0.2) is 4.39 Å². The number of esters is 2. The molecule has 0 radical (unpaired) electrons. The minimum atomic E-state index is -1.40. The van der Waals surface area contributed by atoms with Gasteiger partial charge in [-0.3, -0.25) is 33.7 Å². The molecule has 5 N–H and O–H groups in total. The number of phenols is 1. The number of hydrogen-bond donors (Lipinski definition) is 3. The first kappa shape index (κ1) is 51.3. The van der Waals surface area contributed by atoms with E-state index >= 15 is 0 Å². The van der Waals surface area contributed by atoms with Crippen LogP contribution in [-0.2, 0) is 54.9 Å². The van der Waals surface area contributed by atoms with Crippen molar-refractivity contribution < 1.29 is 52.5 Å². The van der Waals surface area contributed by atoms with Crippen LogP contribution in [-0.4, -0.2) is 105 Å². The summed E-state index contributed by atoms with van der Waals surface area (Å²) in [7, 11) is 0. The molecule has 17 nitrogen and oxygen atoms in total. The zero-order valence-electron chi connectivity index (χ0n) is 40.6. The lowest BCUT2D eigenvalue weighted by Crippen LogP contribution is -2.51. The summed E-state index contributed by atoms with van der Waals surface area (Å²) in [5.41, 5.74) is 13.7. The third-order valence-corrected chi connectivity index (χ3v) is 13.2. The maximum atomic E-state index is 14.6. The van der Waals surface area contributed by atoms with Crippen LogP contribution in [0.5, 0.6) is 11.5 Å². The summed E-state index contributed by atoms with van der Waals surface area (Å²) in [4.78, 5) is 86.1. The van der Waals surface area contributed by atoms with E-state index in [2.05, 4.69) is 4.90 Å². The van der Waals surface area contributed by atoms with E-state index < -0.39 is 70.6 Å². The van der Waals surface area contributed by atoms with E-state index in [-0.39, 0.29) is 56.7 Å². The van der Waals surface area contributed by atoms with Crippen LogP contribution in [0.25, 0.3) is 0 Å². The summed E-state index contributed by atoms with van der Waals surface area (Å²) in [6.45, 7) is 12.3. The van der Waals surface area contributed by atoms with Crippen LogP contribution in [0.15, 0.2) is 78.9 Å². The molecule has 4 aromatic rings. The number of hydrogen-bond acceptors (Lipinski definition) is 13. The Hall–Kier alpha value is -7.52. The molecule has 3 aliphatic heterocycles. The van der Waals surface area contributed by atoms with Crippen molar-refractivity contribution in [2.75, 3.05) is 31.1 Å². The Morgan fingerprint density at radius 1 is 0.761 bits per heavy atom. The van der Waals surface area contributed by atoms with Crippen molar-refractivity contribution in [3.8, 4) is 17.6 Å². The molecule has 0 saturated carbocycles. The van der Waals surface area contributed by atoms with Gasteiger partial charge in [-0.1, -0.05) is 57.2 Å². The number of nitrogens with zero attached hydrogens (tertiary/aromatic N) is 5. The average Bonchev–Trinajstić information content (AvgIpc) is 3.83. The number of nitriles is 1. The summed E-state index contributed by atoms with van der Waals surface area (Å²) in [5, 5.41) is 19.3. The molecule has 0 bridgehead atoms. The third kappa shape index (κ3) is 11.7. The molecule has 0 unspecified atom stereocenters. The number of primary amides is 2. The number of carbonyl (C=O) groups excluding carboxylic acids is 6. The molecule has 4 amide bonds. The zero-order chi connectivity index (χ0) is 51.4. The van der Waals surface area contributed by atoms with Gasteiger partial charge in [-0.15, -0.1) is 0 Å². The van der Waals surface area contributed by atoms with Crippen LogP contribution in [0.3, 0.4) is 0 Å². The fraction of sp³-hybridized carbons (Fsp3) is 0.415. The van der Waals surface area contributed by atoms with Gasteiger partial charge in [-0.2, -0.15) is 5.26 Å². The molecule has 4 aromatic carbocycles. The predicted octanol–water partition coefficient (Wildman–Crippen LogP) is 5.46. The number of fused-ring (bicyclic) bond motifs is 2. The van der Waals surface area contributed by atoms with Crippen LogP contribution >= 0.6 is 0 Å². The normalized spacial score (nSPS) is 16.2. The Morgan fingerprint density at radius 3 is 1.89 bits per heavy atom. The van der Waals surface area contributed by atoms with Crippen LogP contribution in [0.2, 0.25) is 0 Å². The largest absolute Gasteiger partial charge is 0.508 e. The Bertz CT molecular complexity index is 2740. The summed E-state index contributed by atoms with van der Waals surface area (Å²) in [6.07, 6.45) is -1.93. The molecule has 0 spiro atoms. The SMILES string of the molecule is CC(C)(C)[C@H](OC(=O)CC[C@@H](C(N)=O)N1Cc2c(OCc3ccc(CN4CCN(c5ccc(C#N)cc5F)CC4)cc3)cccc2C1=O)C(C)(C)OC(=O)CC[C@@H](C(N)=O)N1Cc2c(O)cccc2C1=O. The fourth-order valence-corrected chi connectivity index (χ4v) is 9.80. The van der Waals surface area contributed by atoms with Gasteiger partial charge in [0.2, 0.25) is 11.8 Å². The van der Waals surface area contributed by atoms with Crippen molar-refractivity contribution in [3.05, 3.63) is 124 Å². The maximum absolute atomic E-state index is 14.6. The summed E-state index contributed by atoms with van der Waals surface area (Å²) >= 11 is 0. The number of halogens is 1. The van der Waals surface area contributed by atoms with Gasteiger partial charge in [0.15, 0.2) is 0 Å². The Balaban J connectivity index is 0.901. The van der Waals surface area contributed by atoms with E-state index in [4.69, 9.17) is 30.9 Å². The van der Waals surface area contributed by atoms with Gasteiger partial charge in [0.1, 0.15) is 47.7 Å². The highest BCUT2D eigenvalue weighted by atomic mass is 19.1. The number of carbonyl (C=O) groups is 6. The van der Waals surface area contributed by atoms with E-state index in [0.29, 0.717) is 46.8 Å². The van der Waals surface area contributed by atoms with Crippen molar-refractivity contribution in [1.29, 1.82) is 5.26 Å². The molecule has 0 aromatic heterocycles. The monoisotopic (exact) mass is 973 g/mol. The number of phenolic OH excluding ortho intramolecular Hbond substituents is 1. The van der Waals surface area contributed by atoms with Gasteiger partial charge < -0.3 is 45.5 Å². The van der Waals surface area contributed by atoms with Gasteiger partial charge in [-0.05, 0) is 80.3 Å². The van der Waals surface area contributed by atoms with Gasteiger partial charge in [0, 0.05) is 73.2 Å². The number of piperazine rings is 1. The van der Waals surface area contributed by atoms with Crippen LogP contribution < -0.4 is 21.1 Å². The fourth-order valence-electron chi connectivity index (χ4n) is 9.80. The van der Waals surface area contributed by atoms with E-state index in [0.717, 1.165) is 30.8 Å². The highest BCUT2D eigenvalue weighted by Crippen LogP contribution is 2.37. The number of anilines is 1. The second-order valence-electron chi connectivity index (χ2n) is 19.8. The van der Waals surface area contributed by atoms with E-state index in [1.165, 1.54) is 34.1 Å². The Labute approximate surface area is 412 Å². The number of amides is 4. The van der Waals surface area contributed by atoms with E-state index in [1.54, 1.807) is 65.0 Å². The molecule has 1 fully saturated rings. The molecule has 7 rings (SSSR count). The van der Waals surface area contributed by atoms with Crippen molar-refractivity contribution in [1.82, 2.24) is 14.7 Å². The topological polar surface area (TPSA) is 239 Å². The van der Waals surface area contributed by atoms with E-state index in [1.807, 2.05) is 35.2 Å². The van der Waals surface area contributed by atoms with Gasteiger partial charge in [0.25, 0.3) is 11.8 Å². The summed E-state index contributed by atoms with van der Waals surface area (Å²) in [6, 6.07) is 21.8. The number of aromatic hydroxyl groups is 1. The molecule has 3 heterocycles. The first-order valence-electron chi connectivity index (χ1n) is 23.6. The number of benzene rings is 4. The lowest BCUT2D eigenvalue weighted by atomic mass is 9.79. The standard InChI is InChI=1S/C53H60FN7O10/c1-52(2,3)51(53(4,5)71-46(64)21-19-42(48(57)66)60-29-37-35(49(60)67)8-6-10-43(37)62)70-45(63)20-18-41(47(56)65)61-30-38-36(50(61)68)9-7-11-44(38)69-31-33-14-12-32(13-15-33)28-58-22-24-59(25-23-58)40-17-16-34(27-55)26-39(40)54/h6-17,26,41-42,51,62H,18-25,28-31H2,1-5H3,(H2,56,65)(H2,57,66)/t41-,42-,51-/m0/s1. The number of ether oxygens (including phenoxy) is 3. The first-order valence-corrected chi connectivity index (χ1v) is 23.6. The van der Waals surface area contributed by atoms with Crippen LogP contribution in [0.1, 0.15) is 109 Å². The second kappa shape index (κ2) is 21.2. The Morgan fingerprint density at radius 2 is 1.32 bits per heavy atom. The van der Waals surface area contributed by atoms with E-state index in [9.17, 15) is 38.3 Å². The molecule has 18 heteroatoms. The minimum absolute atomic E-state index is 0.0164. The summed E-state index contributed by atoms with van der Waals surface area (Å²) < 4.78 is 32.7. The van der Waals surface area contributed by atoms with Crippen molar-refractivity contribution in [3.63, 3.8) is 0 Å². The van der Waals surface area contributed by atoms with Crippen LogP contribution in [0.4, 0.5) is 10.1 Å². The smallest absolute Gasteiger partial charge is 0.306 e. The Kier molecular flexibility index (Phi) is 15.3. The number of nitrogens with two attached hydrogens (primary N) is 2. The third-order valence-electron chi connectivity index (χ3n) is 13.2. The molecular weight excluding hydrogens is 914 g/mol. The lowest BCUT2D eigenvalue weighted by Gasteiger charge is -2.41. The first-order chi connectivity index (χ1) is 33.6. The van der Waals surface area contributed by atoms with Gasteiger partial charge >= 0.3 is 11.9 Å². The van der Waals surface area contributed by atoms with Crippen molar-refractivity contribution >= 4 is 41.3 Å². The lowest BCUT2D eigenvalue weighted by molar-refractivity contribution is -0.193. The molecule has 374 valence electrons. The molecule has 1 saturated heterocycles. The number of rotatable bonds is 19.